The van der Waals surface area contributed by atoms with Crippen molar-refractivity contribution in [2.24, 2.45) is 11.8 Å². The van der Waals surface area contributed by atoms with Crippen molar-refractivity contribution in [2.75, 3.05) is 11.9 Å². The van der Waals surface area contributed by atoms with Crippen LogP contribution in [-0.2, 0) is 9.59 Å². The summed E-state index contributed by atoms with van der Waals surface area (Å²) in [6.07, 6.45) is 2.77. The normalized spacial score (nSPS) is 23.3. The zero-order valence-electron chi connectivity index (χ0n) is 12.1. The van der Waals surface area contributed by atoms with Gasteiger partial charge in [0.15, 0.2) is 0 Å². The minimum atomic E-state index is -0.210. The maximum absolute atomic E-state index is 12.2. The zero-order valence-corrected chi connectivity index (χ0v) is 12.1. The summed E-state index contributed by atoms with van der Waals surface area (Å²) < 4.78 is 5.48. The largest absolute Gasteiger partial charge is 0.492 e. The molecule has 0 saturated heterocycles. The smallest absolute Gasteiger partial charge is 0.228 e. The lowest BCUT2D eigenvalue weighted by atomic mass is 10.2. The van der Waals surface area contributed by atoms with Crippen LogP contribution in [0.4, 0.5) is 5.69 Å². The first-order valence-corrected chi connectivity index (χ1v) is 7.52. The maximum Gasteiger partial charge on any atom is 0.228 e. The molecular formula is C16H20N2O3. The first kappa shape index (κ1) is 13.9. The SMILES string of the molecule is CCOc1ccccc1NC(=O)C1CC1C(=O)NC1CC1. The Kier molecular flexibility index (Phi) is 3.82. The highest BCUT2D eigenvalue weighted by Crippen LogP contribution is 2.40. The first-order valence-electron chi connectivity index (χ1n) is 7.52. The van der Waals surface area contributed by atoms with Crippen LogP contribution in [0.25, 0.3) is 0 Å². The Morgan fingerprint density at radius 1 is 1.19 bits per heavy atom. The van der Waals surface area contributed by atoms with Crippen molar-refractivity contribution in [1.29, 1.82) is 0 Å². The number of carbonyl (C=O) groups is 2. The van der Waals surface area contributed by atoms with Gasteiger partial charge in [-0.3, -0.25) is 9.59 Å². The van der Waals surface area contributed by atoms with Crippen LogP contribution in [0.5, 0.6) is 5.75 Å². The number of carbonyl (C=O) groups excluding carboxylic acids is 2. The zero-order chi connectivity index (χ0) is 14.8. The third-order valence-corrected chi connectivity index (χ3v) is 3.83. The minimum Gasteiger partial charge on any atom is -0.492 e. The van der Waals surface area contributed by atoms with Crippen molar-refractivity contribution >= 4 is 17.5 Å². The molecule has 2 N–H and O–H groups in total. The van der Waals surface area contributed by atoms with E-state index in [1.54, 1.807) is 0 Å². The molecule has 0 radical (unpaired) electrons. The molecule has 2 atom stereocenters. The van der Waals surface area contributed by atoms with Crippen LogP contribution >= 0.6 is 0 Å². The number of nitrogens with one attached hydrogen (secondary N) is 2. The van der Waals surface area contributed by atoms with Crippen molar-refractivity contribution in [3.8, 4) is 5.75 Å². The highest BCUT2D eigenvalue weighted by molar-refractivity contribution is 6.00. The summed E-state index contributed by atoms with van der Waals surface area (Å²) in [7, 11) is 0. The molecule has 2 saturated carbocycles. The van der Waals surface area contributed by atoms with Gasteiger partial charge >= 0.3 is 0 Å². The number of ether oxygens (including phenoxy) is 1. The fourth-order valence-electron chi connectivity index (χ4n) is 2.39. The molecule has 2 fully saturated rings. The molecule has 2 amide bonds. The molecular weight excluding hydrogens is 268 g/mol. The van der Waals surface area contributed by atoms with Gasteiger partial charge in [-0.1, -0.05) is 12.1 Å². The molecule has 3 rings (SSSR count). The molecule has 21 heavy (non-hydrogen) atoms. The van der Waals surface area contributed by atoms with Gasteiger partial charge in [0.25, 0.3) is 0 Å². The van der Waals surface area contributed by atoms with Crippen LogP contribution in [0.2, 0.25) is 0 Å². The first-order chi connectivity index (χ1) is 10.2. The second-order valence-corrected chi connectivity index (χ2v) is 5.65. The molecule has 5 heteroatoms. The predicted molar refractivity (Wildman–Crippen MR) is 79.0 cm³/mol. The Morgan fingerprint density at radius 2 is 1.90 bits per heavy atom. The average Bonchev–Trinajstić information content (AvgIpc) is 3.35. The summed E-state index contributed by atoms with van der Waals surface area (Å²) in [6, 6.07) is 7.69. The Labute approximate surface area is 124 Å². The number of hydrogen-bond acceptors (Lipinski definition) is 3. The van der Waals surface area contributed by atoms with E-state index >= 15 is 0 Å². The van der Waals surface area contributed by atoms with Crippen LogP contribution in [0.1, 0.15) is 26.2 Å². The van der Waals surface area contributed by atoms with Gasteiger partial charge in [-0.2, -0.15) is 0 Å². The number of rotatable bonds is 6. The van der Waals surface area contributed by atoms with Gasteiger partial charge in [-0.15, -0.1) is 0 Å². The Hall–Kier alpha value is -2.04. The molecule has 1 aromatic rings. The van der Waals surface area contributed by atoms with E-state index in [0.29, 0.717) is 30.5 Å². The highest BCUT2D eigenvalue weighted by atomic mass is 16.5. The van der Waals surface area contributed by atoms with Gasteiger partial charge in [0.05, 0.1) is 24.1 Å². The van der Waals surface area contributed by atoms with Crippen molar-refractivity contribution in [3.05, 3.63) is 24.3 Å². The quantitative estimate of drug-likeness (QED) is 0.840. The average molecular weight is 288 g/mol. The number of anilines is 1. The number of benzene rings is 1. The molecule has 2 unspecified atom stereocenters. The number of hydrogen-bond donors (Lipinski definition) is 2. The molecule has 0 aliphatic heterocycles. The third kappa shape index (κ3) is 3.35. The van der Waals surface area contributed by atoms with Gasteiger partial charge in [-0.25, -0.2) is 0 Å². The van der Waals surface area contributed by atoms with Crippen LogP contribution in [0, 0.1) is 11.8 Å². The molecule has 112 valence electrons. The lowest BCUT2D eigenvalue weighted by Crippen LogP contribution is -2.29. The van der Waals surface area contributed by atoms with E-state index in [-0.39, 0.29) is 23.7 Å². The highest BCUT2D eigenvalue weighted by Gasteiger charge is 2.49. The minimum absolute atomic E-state index is 0.0238. The maximum atomic E-state index is 12.2. The van der Waals surface area contributed by atoms with E-state index in [1.165, 1.54) is 0 Å². The van der Waals surface area contributed by atoms with Gasteiger partial charge in [0.2, 0.25) is 11.8 Å². The Morgan fingerprint density at radius 3 is 2.62 bits per heavy atom. The fourth-order valence-corrected chi connectivity index (χ4v) is 2.39. The monoisotopic (exact) mass is 288 g/mol. The molecule has 0 bridgehead atoms. The van der Waals surface area contributed by atoms with E-state index in [4.69, 9.17) is 4.74 Å². The molecule has 2 aliphatic rings. The van der Waals surface area contributed by atoms with Gasteiger partial charge in [-0.05, 0) is 38.3 Å². The summed E-state index contributed by atoms with van der Waals surface area (Å²) in [5, 5.41) is 5.82. The van der Waals surface area contributed by atoms with Crippen molar-refractivity contribution in [2.45, 2.75) is 32.2 Å². The van der Waals surface area contributed by atoms with Gasteiger partial charge in [0, 0.05) is 6.04 Å². The summed E-state index contributed by atoms with van der Waals surface area (Å²) in [4.78, 5) is 24.1. The number of para-hydroxylation sites is 2. The van der Waals surface area contributed by atoms with E-state index in [0.717, 1.165) is 12.8 Å². The summed E-state index contributed by atoms with van der Waals surface area (Å²) in [5.74, 6) is 0.213. The van der Waals surface area contributed by atoms with Crippen LogP contribution in [-0.4, -0.2) is 24.5 Å². The predicted octanol–water partition coefficient (Wildman–Crippen LogP) is 1.94. The van der Waals surface area contributed by atoms with E-state index in [9.17, 15) is 9.59 Å². The summed E-state index contributed by atoms with van der Waals surface area (Å²) >= 11 is 0. The molecule has 0 heterocycles. The standard InChI is InChI=1S/C16H20N2O3/c1-2-21-14-6-4-3-5-13(14)18-16(20)12-9-11(12)15(19)17-10-7-8-10/h3-6,10-12H,2,7-9H2,1H3,(H,17,19)(H,18,20). The molecule has 0 aromatic heterocycles. The van der Waals surface area contributed by atoms with Crippen LogP contribution in [0.15, 0.2) is 24.3 Å². The molecule has 1 aromatic carbocycles. The molecule has 0 spiro atoms. The van der Waals surface area contributed by atoms with E-state index in [2.05, 4.69) is 10.6 Å². The third-order valence-electron chi connectivity index (χ3n) is 3.83. The second kappa shape index (κ2) is 5.76. The Balaban J connectivity index is 1.56. The van der Waals surface area contributed by atoms with E-state index in [1.807, 2.05) is 31.2 Å². The van der Waals surface area contributed by atoms with Crippen LogP contribution in [0.3, 0.4) is 0 Å². The Bertz CT molecular complexity index is 554. The number of amides is 2. The van der Waals surface area contributed by atoms with Crippen LogP contribution < -0.4 is 15.4 Å². The van der Waals surface area contributed by atoms with Crippen molar-refractivity contribution in [1.82, 2.24) is 5.32 Å². The van der Waals surface area contributed by atoms with Gasteiger partial charge in [0.1, 0.15) is 5.75 Å². The van der Waals surface area contributed by atoms with Gasteiger partial charge < -0.3 is 15.4 Å². The summed E-state index contributed by atoms with van der Waals surface area (Å²) in [5.41, 5.74) is 0.664. The lowest BCUT2D eigenvalue weighted by molar-refractivity contribution is -0.125. The summed E-state index contributed by atoms with van der Waals surface area (Å²) in [6.45, 7) is 2.44. The lowest BCUT2D eigenvalue weighted by Gasteiger charge is -2.11. The topological polar surface area (TPSA) is 67.4 Å². The molecule has 2 aliphatic carbocycles. The molecule has 5 nitrogen and oxygen atoms in total. The van der Waals surface area contributed by atoms with E-state index < -0.39 is 0 Å². The van der Waals surface area contributed by atoms with Crippen molar-refractivity contribution in [3.63, 3.8) is 0 Å². The van der Waals surface area contributed by atoms with Crippen molar-refractivity contribution < 1.29 is 14.3 Å². The fraction of sp³-hybridized carbons (Fsp3) is 0.500. The second-order valence-electron chi connectivity index (χ2n) is 5.65.